The molecule has 25 heavy (non-hydrogen) atoms. The fourth-order valence-electron chi connectivity index (χ4n) is 2.88. The number of nitrogens with zero attached hydrogens (tertiary/aromatic N) is 4. The third-order valence-corrected chi connectivity index (χ3v) is 4.14. The summed E-state index contributed by atoms with van der Waals surface area (Å²) in [5.74, 6) is 0.564. The molecule has 0 bridgehead atoms. The maximum atomic E-state index is 13.1. The Morgan fingerprint density at radius 3 is 2.52 bits per heavy atom. The molecule has 2 aromatic rings. The number of hydrogen-bond donors (Lipinski definition) is 0. The van der Waals surface area contributed by atoms with Crippen molar-refractivity contribution in [3.8, 4) is 5.88 Å². The Bertz CT molecular complexity index is 715. The van der Waals surface area contributed by atoms with E-state index in [2.05, 4.69) is 14.9 Å². The summed E-state index contributed by atoms with van der Waals surface area (Å²) in [6, 6.07) is 7.96. The van der Waals surface area contributed by atoms with Crippen LogP contribution in [0.25, 0.3) is 0 Å². The van der Waals surface area contributed by atoms with Crippen molar-refractivity contribution in [3.63, 3.8) is 0 Å². The van der Waals surface area contributed by atoms with Crippen molar-refractivity contribution in [2.75, 3.05) is 38.2 Å². The largest absolute Gasteiger partial charge is 0.481 e. The molecule has 1 aliphatic rings. The first-order chi connectivity index (χ1) is 12.0. The molecule has 1 fully saturated rings. The molecule has 8 heteroatoms. The second-order valence-corrected chi connectivity index (χ2v) is 5.81. The van der Waals surface area contributed by atoms with E-state index in [1.165, 1.54) is 12.3 Å². The molecular weight excluding hydrogens is 333 g/mol. The van der Waals surface area contributed by atoms with E-state index >= 15 is 0 Å². The Hall–Kier alpha value is -2.35. The average Bonchev–Trinajstić information content (AvgIpc) is 2.62. The predicted octanol–water partition coefficient (Wildman–Crippen LogP) is 2.83. The molecule has 0 radical (unpaired) electrons. The molecule has 0 spiro atoms. The van der Waals surface area contributed by atoms with E-state index in [4.69, 9.17) is 4.74 Å². The van der Waals surface area contributed by atoms with Crippen LogP contribution in [-0.4, -0.2) is 48.2 Å². The van der Waals surface area contributed by atoms with Gasteiger partial charge in [0.2, 0.25) is 5.88 Å². The van der Waals surface area contributed by atoms with Gasteiger partial charge >= 0.3 is 6.18 Å². The van der Waals surface area contributed by atoms with Gasteiger partial charge in [-0.15, -0.1) is 0 Å². The first-order valence-electron chi connectivity index (χ1n) is 7.97. The van der Waals surface area contributed by atoms with Gasteiger partial charge in [0.1, 0.15) is 5.82 Å². The van der Waals surface area contributed by atoms with Gasteiger partial charge in [-0.2, -0.15) is 13.2 Å². The molecule has 0 saturated carbocycles. The molecule has 0 amide bonds. The third-order valence-electron chi connectivity index (χ3n) is 4.14. The highest BCUT2D eigenvalue weighted by Crippen LogP contribution is 2.35. The smallest absolute Gasteiger partial charge is 0.419 e. The molecular formula is C17H19F3N4O. The van der Waals surface area contributed by atoms with Crippen LogP contribution < -0.4 is 9.64 Å². The zero-order valence-corrected chi connectivity index (χ0v) is 13.8. The van der Waals surface area contributed by atoms with E-state index in [0.717, 1.165) is 11.8 Å². The summed E-state index contributed by atoms with van der Waals surface area (Å²) in [6.45, 7) is 2.91. The van der Waals surface area contributed by atoms with Crippen molar-refractivity contribution in [2.24, 2.45) is 0 Å². The number of anilines is 1. The topological polar surface area (TPSA) is 41.5 Å². The molecule has 5 nitrogen and oxygen atoms in total. The Kier molecular flexibility index (Phi) is 5.08. The highest BCUT2D eigenvalue weighted by atomic mass is 19.4. The number of piperazine rings is 1. The summed E-state index contributed by atoms with van der Waals surface area (Å²) >= 11 is 0. The lowest BCUT2D eigenvalue weighted by atomic mass is 10.2. The highest BCUT2D eigenvalue weighted by molar-refractivity contribution is 5.48. The van der Waals surface area contributed by atoms with Crippen LogP contribution in [0.3, 0.4) is 0 Å². The van der Waals surface area contributed by atoms with Crippen molar-refractivity contribution < 1.29 is 17.9 Å². The van der Waals surface area contributed by atoms with Gasteiger partial charge in [-0.3, -0.25) is 4.90 Å². The van der Waals surface area contributed by atoms with Crippen LogP contribution in [0.2, 0.25) is 0 Å². The molecule has 0 aliphatic carbocycles. The molecule has 134 valence electrons. The van der Waals surface area contributed by atoms with E-state index in [-0.39, 0.29) is 5.82 Å². The van der Waals surface area contributed by atoms with Gasteiger partial charge < -0.3 is 9.64 Å². The Morgan fingerprint density at radius 2 is 1.84 bits per heavy atom. The highest BCUT2D eigenvalue weighted by Gasteiger charge is 2.36. The van der Waals surface area contributed by atoms with Crippen LogP contribution in [0.4, 0.5) is 19.0 Å². The second kappa shape index (κ2) is 7.26. The molecule has 1 aliphatic heterocycles. The number of ether oxygens (including phenoxy) is 1. The van der Waals surface area contributed by atoms with Gasteiger partial charge in [-0.05, 0) is 18.2 Å². The zero-order chi connectivity index (χ0) is 17.9. The van der Waals surface area contributed by atoms with Crippen molar-refractivity contribution in [2.45, 2.75) is 12.7 Å². The van der Waals surface area contributed by atoms with Gasteiger partial charge in [0.25, 0.3) is 0 Å². The van der Waals surface area contributed by atoms with Crippen molar-refractivity contribution >= 4 is 5.82 Å². The minimum Gasteiger partial charge on any atom is -0.481 e. The second-order valence-electron chi connectivity index (χ2n) is 5.81. The molecule has 0 aromatic carbocycles. The Balaban J connectivity index is 1.64. The molecule has 3 rings (SSSR count). The fraction of sp³-hybridized carbons (Fsp3) is 0.412. The van der Waals surface area contributed by atoms with Gasteiger partial charge in [-0.25, -0.2) is 9.97 Å². The van der Waals surface area contributed by atoms with Crippen LogP contribution in [0.15, 0.2) is 36.5 Å². The Morgan fingerprint density at radius 1 is 1.08 bits per heavy atom. The lowest BCUT2D eigenvalue weighted by Gasteiger charge is -2.36. The lowest BCUT2D eigenvalue weighted by Crippen LogP contribution is -2.46. The number of rotatable bonds is 4. The summed E-state index contributed by atoms with van der Waals surface area (Å²) in [4.78, 5) is 12.2. The molecule has 1 saturated heterocycles. The van der Waals surface area contributed by atoms with Crippen molar-refractivity contribution in [1.29, 1.82) is 0 Å². The van der Waals surface area contributed by atoms with Crippen LogP contribution in [-0.2, 0) is 12.7 Å². The van der Waals surface area contributed by atoms with Gasteiger partial charge in [-0.1, -0.05) is 6.07 Å². The number of halogens is 3. The quantitative estimate of drug-likeness (QED) is 0.846. The van der Waals surface area contributed by atoms with Crippen LogP contribution in [0, 0.1) is 0 Å². The number of hydrogen-bond acceptors (Lipinski definition) is 5. The summed E-state index contributed by atoms with van der Waals surface area (Å²) in [7, 11) is 1.57. The molecule has 3 heterocycles. The third kappa shape index (κ3) is 4.19. The Labute approximate surface area is 144 Å². The SMILES string of the molecule is COc1cccc(CN2CCN(c3ncccc3C(F)(F)F)CC2)n1. The monoisotopic (exact) mass is 352 g/mol. The van der Waals surface area contributed by atoms with Crippen LogP contribution >= 0.6 is 0 Å². The summed E-state index contributed by atoms with van der Waals surface area (Å²) in [5.41, 5.74) is 0.194. The summed E-state index contributed by atoms with van der Waals surface area (Å²) in [6.07, 6.45) is -3.00. The van der Waals surface area contributed by atoms with Gasteiger partial charge in [0.15, 0.2) is 0 Å². The van der Waals surface area contributed by atoms with Crippen molar-refractivity contribution in [3.05, 3.63) is 47.8 Å². The first-order valence-corrected chi connectivity index (χ1v) is 7.97. The van der Waals surface area contributed by atoms with Gasteiger partial charge in [0, 0.05) is 45.0 Å². The number of pyridine rings is 2. The minimum atomic E-state index is -4.40. The van der Waals surface area contributed by atoms with Crippen molar-refractivity contribution in [1.82, 2.24) is 14.9 Å². The summed E-state index contributed by atoms with van der Waals surface area (Å²) < 4.78 is 44.5. The zero-order valence-electron chi connectivity index (χ0n) is 13.8. The number of alkyl halides is 3. The minimum absolute atomic E-state index is 0.00848. The summed E-state index contributed by atoms with van der Waals surface area (Å²) in [5, 5.41) is 0. The molecule has 0 unspecified atom stereocenters. The standard InChI is InChI=1S/C17H19F3N4O/c1-25-15-6-2-4-13(22-15)12-23-8-10-24(11-9-23)16-14(17(18,19)20)5-3-7-21-16/h2-7H,8-12H2,1H3. The van der Waals surface area contributed by atoms with Crippen LogP contribution in [0.1, 0.15) is 11.3 Å². The average molecular weight is 352 g/mol. The van der Waals surface area contributed by atoms with E-state index in [1.807, 2.05) is 12.1 Å². The lowest BCUT2D eigenvalue weighted by molar-refractivity contribution is -0.137. The normalized spacial score (nSPS) is 16.1. The van der Waals surface area contributed by atoms with E-state index < -0.39 is 11.7 Å². The van der Waals surface area contributed by atoms with Gasteiger partial charge in [0.05, 0.1) is 18.4 Å². The van der Waals surface area contributed by atoms with E-state index in [0.29, 0.717) is 38.6 Å². The maximum absolute atomic E-state index is 13.1. The van der Waals surface area contributed by atoms with E-state index in [1.54, 1.807) is 18.1 Å². The predicted molar refractivity (Wildman–Crippen MR) is 87.5 cm³/mol. The first kappa shape index (κ1) is 17.5. The number of methoxy groups -OCH3 is 1. The van der Waals surface area contributed by atoms with E-state index in [9.17, 15) is 13.2 Å². The molecule has 2 aromatic heterocycles. The maximum Gasteiger partial charge on any atom is 0.419 e. The molecule has 0 N–H and O–H groups in total. The fourth-order valence-corrected chi connectivity index (χ4v) is 2.88. The number of aromatic nitrogens is 2. The van der Waals surface area contributed by atoms with Crippen LogP contribution in [0.5, 0.6) is 5.88 Å². The molecule has 0 atom stereocenters.